The van der Waals surface area contributed by atoms with E-state index in [0.717, 1.165) is 16.1 Å². The van der Waals surface area contributed by atoms with Crippen LogP contribution < -0.4 is 19.1 Å². The lowest BCUT2D eigenvalue weighted by atomic mass is 10.2. The Morgan fingerprint density at radius 3 is 2.56 bits per heavy atom. The Morgan fingerprint density at radius 2 is 1.89 bits per heavy atom. The summed E-state index contributed by atoms with van der Waals surface area (Å²) in [5, 5.41) is 2.73. The number of ether oxygens (including phenoxy) is 2. The molecular formula is C19H24N2O5S. The zero-order valence-corrected chi connectivity index (χ0v) is 16.5. The summed E-state index contributed by atoms with van der Waals surface area (Å²) in [4.78, 5) is 12.4. The Balaban J connectivity index is 2.12. The molecule has 0 aliphatic rings. The highest BCUT2D eigenvalue weighted by molar-refractivity contribution is 7.92. The van der Waals surface area contributed by atoms with Crippen molar-refractivity contribution in [1.29, 1.82) is 0 Å². The van der Waals surface area contributed by atoms with E-state index in [0.29, 0.717) is 23.8 Å². The Kier molecular flexibility index (Phi) is 7.06. The third kappa shape index (κ3) is 5.89. The van der Waals surface area contributed by atoms with Crippen molar-refractivity contribution >= 4 is 21.6 Å². The molecule has 1 amide bonds. The number of benzene rings is 2. The van der Waals surface area contributed by atoms with Gasteiger partial charge in [-0.1, -0.05) is 24.3 Å². The van der Waals surface area contributed by atoms with E-state index in [1.807, 2.05) is 25.1 Å². The second-order valence-electron chi connectivity index (χ2n) is 5.79. The van der Waals surface area contributed by atoms with E-state index in [-0.39, 0.29) is 13.1 Å². The molecular weight excluding hydrogens is 368 g/mol. The van der Waals surface area contributed by atoms with Gasteiger partial charge >= 0.3 is 0 Å². The van der Waals surface area contributed by atoms with Gasteiger partial charge in [0.15, 0.2) is 0 Å². The quantitative estimate of drug-likeness (QED) is 0.707. The van der Waals surface area contributed by atoms with Crippen molar-refractivity contribution in [3.63, 3.8) is 0 Å². The molecule has 0 heterocycles. The first-order chi connectivity index (χ1) is 12.8. The molecule has 2 aromatic rings. The number of carbonyl (C=O) groups excluding carboxylic acids is 1. The topological polar surface area (TPSA) is 84.9 Å². The maximum atomic E-state index is 12.4. The Bertz CT molecular complexity index is 883. The molecule has 0 spiro atoms. The lowest BCUT2D eigenvalue weighted by Gasteiger charge is -2.22. The molecule has 2 aromatic carbocycles. The molecule has 0 bridgehead atoms. The Labute approximate surface area is 160 Å². The molecule has 0 radical (unpaired) electrons. The van der Waals surface area contributed by atoms with Crippen molar-refractivity contribution in [3.8, 4) is 11.5 Å². The molecule has 0 unspecified atom stereocenters. The summed E-state index contributed by atoms with van der Waals surface area (Å²) in [7, 11) is -2.10. The number of methoxy groups -OCH3 is 1. The molecule has 7 nitrogen and oxygen atoms in total. The number of rotatable bonds is 9. The normalized spacial score (nSPS) is 10.9. The SMILES string of the molecule is CCOc1cccc(N(CC(=O)NCc2ccccc2OC)S(C)(=O)=O)c1. The first-order valence-corrected chi connectivity index (χ1v) is 10.3. The predicted octanol–water partition coefficient (Wildman–Crippen LogP) is 2.18. The number of hydrogen-bond acceptors (Lipinski definition) is 5. The average Bonchev–Trinajstić information content (AvgIpc) is 2.64. The summed E-state index contributed by atoms with van der Waals surface area (Å²) in [6, 6.07) is 13.9. The molecule has 146 valence electrons. The van der Waals surface area contributed by atoms with E-state index in [1.54, 1.807) is 37.4 Å². The van der Waals surface area contributed by atoms with Crippen LogP contribution in [0.4, 0.5) is 5.69 Å². The van der Waals surface area contributed by atoms with Crippen molar-refractivity contribution < 1.29 is 22.7 Å². The maximum absolute atomic E-state index is 12.4. The van der Waals surface area contributed by atoms with E-state index >= 15 is 0 Å². The van der Waals surface area contributed by atoms with E-state index < -0.39 is 15.9 Å². The lowest BCUT2D eigenvalue weighted by Crippen LogP contribution is -2.40. The van der Waals surface area contributed by atoms with Crippen LogP contribution in [0.25, 0.3) is 0 Å². The van der Waals surface area contributed by atoms with Gasteiger partial charge in [0.2, 0.25) is 15.9 Å². The largest absolute Gasteiger partial charge is 0.496 e. The fraction of sp³-hybridized carbons (Fsp3) is 0.316. The van der Waals surface area contributed by atoms with Gasteiger partial charge in [0, 0.05) is 18.2 Å². The van der Waals surface area contributed by atoms with Crippen LogP contribution in [0.3, 0.4) is 0 Å². The van der Waals surface area contributed by atoms with Gasteiger partial charge in [-0.15, -0.1) is 0 Å². The number of amides is 1. The van der Waals surface area contributed by atoms with Crippen LogP contribution in [0.2, 0.25) is 0 Å². The van der Waals surface area contributed by atoms with E-state index in [1.165, 1.54) is 0 Å². The third-order valence-corrected chi connectivity index (χ3v) is 4.91. The molecule has 2 rings (SSSR count). The van der Waals surface area contributed by atoms with Crippen LogP contribution >= 0.6 is 0 Å². The van der Waals surface area contributed by atoms with Crippen molar-refractivity contribution in [2.75, 3.05) is 30.8 Å². The minimum absolute atomic E-state index is 0.236. The number of nitrogens with one attached hydrogen (secondary N) is 1. The molecule has 0 fully saturated rings. The molecule has 0 saturated heterocycles. The van der Waals surface area contributed by atoms with Crippen LogP contribution in [0.5, 0.6) is 11.5 Å². The van der Waals surface area contributed by atoms with Gasteiger partial charge < -0.3 is 14.8 Å². The molecule has 0 aliphatic carbocycles. The minimum Gasteiger partial charge on any atom is -0.496 e. The van der Waals surface area contributed by atoms with Crippen molar-refractivity contribution in [2.24, 2.45) is 0 Å². The summed E-state index contributed by atoms with van der Waals surface area (Å²) in [6.45, 7) is 2.21. The molecule has 0 aromatic heterocycles. The van der Waals surface area contributed by atoms with Gasteiger partial charge in [-0.05, 0) is 25.1 Å². The van der Waals surface area contributed by atoms with Crippen molar-refractivity contribution in [2.45, 2.75) is 13.5 Å². The van der Waals surface area contributed by atoms with Crippen molar-refractivity contribution in [1.82, 2.24) is 5.32 Å². The first-order valence-electron chi connectivity index (χ1n) is 8.44. The smallest absolute Gasteiger partial charge is 0.241 e. The zero-order chi connectivity index (χ0) is 19.9. The summed E-state index contributed by atoms with van der Waals surface area (Å²) in [5.74, 6) is 0.772. The number of sulfonamides is 1. The van der Waals surface area contributed by atoms with Crippen LogP contribution in [0, 0.1) is 0 Å². The first kappa shape index (κ1) is 20.6. The highest BCUT2D eigenvalue weighted by Crippen LogP contribution is 2.23. The van der Waals surface area contributed by atoms with Gasteiger partial charge in [-0.3, -0.25) is 9.10 Å². The molecule has 8 heteroatoms. The summed E-state index contributed by atoms with van der Waals surface area (Å²) in [6.07, 6.45) is 1.06. The fourth-order valence-corrected chi connectivity index (χ4v) is 3.37. The summed E-state index contributed by atoms with van der Waals surface area (Å²) >= 11 is 0. The second-order valence-corrected chi connectivity index (χ2v) is 7.70. The van der Waals surface area contributed by atoms with Crippen LogP contribution in [0.15, 0.2) is 48.5 Å². The predicted molar refractivity (Wildman–Crippen MR) is 105 cm³/mol. The van der Waals surface area contributed by atoms with Gasteiger partial charge in [-0.2, -0.15) is 0 Å². The van der Waals surface area contributed by atoms with Gasteiger partial charge in [0.05, 0.1) is 25.7 Å². The van der Waals surface area contributed by atoms with E-state index in [9.17, 15) is 13.2 Å². The highest BCUT2D eigenvalue weighted by Gasteiger charge is 2.21. The molecule has 27 heavy (non-hydrogen) atoms. The van der Waals surface area contributed by atoms with Crippen LogP contribution in [0.1, 0.15) is 12.5 Å². The molecule has 0 saturated carbocycles. The highest BCUT2D eigenvalue weighted by atomic mass is 32.2. The molecule has 0 atom stereocenters. The van der Waals surface area contributed by atoms with Gasteiger partial charge in [-0.25, -0.2) is 8.42 Å². The average molecular weight is 392 g/mol. The summed E-state index contributed by atoms with van der Waals surface area (Å²) in [5.41, 5.74) is 1.17. The van der Waals surface area contributed by atoms with Crippen LogP contribution in [-0.4, -0.2) is 40.8 Å². The Morgan fingerprint density at radius 1 is 1.15 bits per heavy atom. The fourth-order valence-electron chi connectivity index (χ4n) is 2.52. The lowest BCUT2D eigenvalue weighted by molar-refractivity contribution is -0.119. The number of nitrogens with zero attached hydrogens (tertiary/aromatic N) is 1. The van der Waals surface area contributed by atoms with Crippen LogP contribution in [-0.2, 0) is 21.4 Å². The van der Waals surface area contributed by atoms with Crippen molar-refractivity contribution in [3.05, 3.63) is 54.1 Å². The van der Waals surface area contributed by atoms with Gasteiger partial charge in [0.1, 0.15) is 18.0 Å². The standard InChI is InChI=1S/C19H24N2O5S/c1-4-26-17-10-7-9-16(12-17)21(27(3,23)24)14-19(22)20-13-15-8-5-6-11-18(15)25-2/h5-12H,4,13-14H2,1-3H3,(H,20,22). The number of carbonyl (C=O) groups is 1. The second kappa shape index (κ2) is 9.27. The molecule has 1 N–H and O–H groups in total. The minimum atomic E-state index is -3.65. The monoisotopic (exact) mass is 392 g/mol. The van der Waals surface area contributed by atoms with E-state index in [4.69, 9.17) is 9.47 Å². The Hall–Kier alpha value is -2.74. The number of anilines is 1. The third-order valence-electron chi connectivity index (χ3n) is 3.77. The number of hydrogen-bond donors (Lipinski definition) is 1. The summed E-state index contributed by atoms with van der Waals surface area (Å²) < 4.78 is 36.1. The van der Waals surface area contributed by atoms with E-state index in [2.05, 4.69) is 5.32 Å². The number of para-hydroxylation sites is 1. The maximum Gasteiger partial charge on any atom is 0.241 e. The molecule has 0 aliphatic heterocycles. The zero-order valence-electron chi connectivity index (χ0n) is 15.6. The van der Waals surface area contributed by atoms with Gasteiger partial charge in [0.25, 0.3) is 0 Å².